The molecule has 0 bridgehead atoms. The van der Waals surface area contributed by atoms with E-state index in [2.05, 4.69) is 54.1 Å². The quantitative estimate of drug-likeness (QED) is 0.439. The minimum atomic E-state index is 0.788. The highest BCUT2D eigenvalue weighted by atomic mass is 15.4. The molecule has 1 aliphatic rings. The van der Waals surface area contributed by atoms with E-state index in [-0.39, 0.29) is 0 Å². The van der Waals surface area contributed by atoms with Gasteiger partial charge in [0.05, 0.1) is 17.6 Å². The van der Waals surface area contributed by atoms with Crippen LogP contribution in [0.15, 0.2) is 48.7 Å². The first-order valence-corrected chi connectivity index (χ1v) is 11.7. The molecule has 1 atom stereocenters. The van der Waals surface area contributed by atoms with Gasteiger partial charge in [-0.05, 0) is 88.7 Å². The lowest BCUT2D eigenvalue weighted by molar-refractivity contribution is 0.319. The van der Waals surface area contributed by atoms with Crippen LogP contribution in [0.4, 0.5) is 0 Å². The van der Waals surface area contributed by atoms with Crippen molar-refractivity contribution >= 4 is 5.65 Å². The number of fused-ring (bicyclic) bond motifs is 1. The molecule has 5 rings (SSSR count). The molecule has 6 nitrogen and oxygen atoms in total. The van der Waals surface area contributed by atoms with E-state index in [4.69, 9.17) is 10.2 Å². The van der Waals surface area contributed by atoms with Crippen LogP contribution in [0.5, 0.6) is 0 Å². The van der Waals surface area contributed by atoms with Crippen LogP contribution in [0.1, 0.15) is 41.1 Å². The Morgan fingerprint density at radius 1 is 1.00 bits per heavy atom. The Hall–Kier alpha value is -2.99. The molecule has 4 heterocycles. The monoisotopic (exact) mass is 428 g/mol. The first kappa shape index (κ1) is 20.9. The van der Waals surface area contributed by atoms with Crippen LogP contribution in [0.3, 0.4) is 0 Å². The Bertz CT molecular complexity index is 1210. The van der Waals surface area contributed by atoms with Crippen LogP contribution >= 0.6 is 0 Å². The normalized spacial score (nSPS) is 16.9. The van der Waals surface area contributed by atoms with Crippen molar-refractivity contribution in [3.63, 3.8) is 0 Å². The van der Waals surface area contributed by atoms with Crippen molar-refractivity contribution in [2.24, 2.45) is 5.92 Å². The van der Waals surface area contributed by atoms with E-state index < -0.39 is 0 Å². The maximum Gasteiger partial charge on any atom is 0.174 e. The van der Waals surface area contributed by atoms with Crippen molar-refractivity contribution in [3.8, 4) is 5.82 Å². The number of rotatable bonds is 7. The molecule has 0 radical (unpaired) electrons. The molecule has 1 unspecified atom stereocenters. The van der Waals surface area contributed by atoms with Crippen molar-refractivity contribution < 1.29 is 0 Å². The molecule has 166 valence electrons. The van der Waals surface area contributed by atoms with Crippen molar-refractivity contribution in [1.82, 2.24) is 29.3 Å². The van der Waals surface area contributed by atoms with Crippen molar-refractivity contribution in [1.29, 1.82) is 0 Å². The summed E-state index contributed by atoms with van der Waals surface area (Å²) in [6.07, 6.45) is 6.59. The summed E-state index contributed by atoms with van der Waals surface area (Å²) in [4.78, 5) is 7.01. The summed E-state index contributed by atoms with van der Waals surface area (Å²) in [6.45, 7) is 9.91. The maximum atomic E-state index is 4.82. The van der Waals surface area contributed by atoms with E-state index in [0.29, 0.717) is 0 Å². The molecule has 0 aliphatic carbocycles. The molecular formula is C26H32N6. The first-order valence-electron chi connectivity index (χ1n) is 11.7. The summed E-state index contributed by atoms with van der Waals surface area (Å²) in [5.74, 6) is 1.63. The number of hydrogen-bond acceptors (Lipinski definition) is 4. The standard InChI is InChI=1S/C26H32N6/c1-19-17-27-25-11-12-26(29-31(19)25)32-21(3)24(20(2)28-32)10-7-14-30-15-13-23(18-30)16-22-8-5-4-6-9-22/h4-6,8-9,11-12,17,23H,7,10,13-16,18H2,1-3H3. The van der Waals surface area contributed by atoms with Gasteiger partial charge in [0.15, 0.2) is 11.5 Å². The molecule has 0 N–H and O–H groups in total. The SMILES string of the molecule is Cc1nn(-c2ccc3ncc(C)n3n2)c(C)c1CCCN1CCC(Cc2ccccc2)C1. The summed E-state index contributed by atoms with van der Waals surface area (Å²) in [5, 5.41) is 9.57. The molecule has 3 aromatic heterocycles. The van der Waals surface area contributed by atoms with E-state index in [9.17, 15) is 0 Å². The number of imidazole rings is 1. The third-order valence-electron chi connectivity index (χ3n) is 6.82. The average Bonchev–Trinajstić information content (AvgIpc) is 3.48. The summed E-state index contributed by atoms with van der Waals surface area (Å²) in [7, 11) is 0. The van der Waals surface area contributed by atoms with Crippen LogP contribution in [0.2, 0.25) is 0 Å². The third-order valence-corrected chi connectivity index (χ3v) is 6.82. The smallest absolute Gasteiger partial charge is 0.174 e. The van der Waals surface area contributed by atoms with Crippen LogP contribution in [-0.4, -0.2) is 48.9 Å². The number of aryl methyl sites for hydroxylation is 2. The van der Waals surface area contributed by atoms with E-state index in [1.165, 1.54) is 49.2 Å². The van der Waals surface area contributed by atoms with Crippen molar-refractivity contribution in [2.45, 2.75) is 46.5 Å². The Morgan fingerprint density at radius 3 is 2.69 bits per heavy atom. The zero-order valence-corrected chi connectivity index (χ0v) is 19.3. The van der Waals surface area contributed by atoms with Crippen molar-refractivity contribution in [3.05, 3.63) is 76.9 Å². The minimum absolute atomic E-state index is 0.788. The second kappa shape index (κ2) is 8.87. The highest BCUT2D eigenvalue weighted by Crippen LogP contribution is 2.23. The molecule has 0 saturated carbocycles. The first-order chi connectivity index (χ1) is 15.6. The minimum Gasteiger partial charge on any atom is -0.303 e. The van der Waals surface area contributed by atoms with Crippen LogP contribution < -0.4 is 0 Å². The second-order valence-electron chi connectivity index (χ2n) is 9.17. The lowest BCUT2D eigenvalue weighted by Crippen LogP contribution is -2.23. The fraction of sp³-hybridized carbons (Fsp3) is 0.423. The molecule has 1 saturated heterocycles. The van der Waals surface area contributed by atoms with Gasteiger partial charge >= 0.3 is 0 Å². The van der Waals surface area contributed by atoms with Gasteiger partial charge in [0.2, 0.25) is 0 Å². The van der Waals surface area contributed by atoms with Gasteiger partial charge in [-0.2, -0.15) is 5.10 Å². The molecule has 4 aromatic rings. The van der Waals surface area contributed by atoms with Gasteiger partial charge in [-0.25, -0.2) is 14.2 Å². The molecule has 1 fully saturated rings. The number of benzene rings is 1. The van der Waals surface area contributed by atoms with Crippen molar-refractivity contribution in [2.75, 3.05) is 19.6 Å². The van der Waals surface area contributed by atoms with Crippen LogP contribution in [0, 0.1) is 26.7 Å². The van der Waals surface area contributed by atoms with Gasteiger partial charge in [-0.1, -0.05) is 30.3 Å². The summed E-state index contributed by atoms with van der Waals surface area (Å²) >= 11 is 0. The zero-order chi connectivity index (χ0) is 22.1. The second-order valence-corrected chi connectivity index (χ2v) is 9.17. The molecule has 32 heavy (non-hydrogen) atoms. The van der Waals surface area contributed by atoms with Gasteiger partial charge in [0, 0.05) is 12.2 Å². The van der Waals surface area contributed by atoms with E-state index in [1.54, 1.807) is 0 Å². The largest absolute Gasteiger partial charge is 0.303 e. The van der Waals surface area contributed by atoms with Gasteiger partial charge in [0.1, 0.15) is 0 Å². The Balaban J connectivity index is 1.20. The van der Waals surface area contributed by atoms with Gasteiger partial charge < -0.3 is 4.90 Å². The topological polar surface area (TPSA) is 51.3 Å². The Morgan fingerprint density at radius 2 is 1.84 bits per heavy atom. The summed E-state index contributed by atoms with van der Waals surface area (Å²) in [5.41, 5.74) is 7.01. The van der Waals surface area contributed by atoms with Gasteiger partial charge in [-0.3, -0.25) is 0 Å². The Labute approximate surface area is 189 Å². The summed E-state index contributed by atoms with van der Waals surface area (Å²) < 4.78 is 3.86. The molecule has 6 heteroatoms. The van der Waals surface area contributed by atoms with E-state index in [1.807, 2.05) is 34.5 Å². The number of hydrogen-bond donors (Lipinski definition) is 0. The average molecular weight is 429 g/mol. The van der Waals surface area contributed by atoms with Gasteiger partial charge in [0.25, 0.3) is 0 Å². The fourth-order valence-electron chi connectivity index (χ4n) is 5.06. The van der Waals surface area contributed by atoms with E-state index >= 15 is 0 Å². The van der Waals surface area contributed by atoms with Crippen LogP contribution in [-0.2, 0) is 12.8 Å². The van der Waals surface area contributed by atoms with Gasteiger partial charge in [-0.15, -0.1) is 5.10 Å². The molecule has 1 aliphatic heterocycles. The number of aromatic nitrogens is 5. The van der Waals surface area contributed by atoms with E-state index in [0.717, 1.165) is 41.7 Å². The Kier molecular flexibility index (Phi) is 5.79. The molecular weight excluding hydrogens is 396 g/mol. The highest BCUT2D eigenvalue weighted by Gasteiger charge is 2.22. The molecule has 1 aromatic carbocycles. The highest BCUT2D eigenvalue weighted by molar-refractivity contribution is 5.42. The summed E-state index contributed by atoms with van der Waals surface area (Å²) in [6, 6.07) is 14.9. The fourth-order valence-corrected chi connectivity index (χ4v) is 5.06. The lowest BCUT2D eigenvalue weighted by atomic mass is 9.99. The predicted octanol–water partition coefficient (Wildman–Crippen LogP) is 4.34. The molecule has 0 amide bonds. The number of nitrogens with zero attached hydrogens (tertiary/aromatic N) is 6. The maximum absolute atomic E-state index is 4.82. The number of likely N-dealkylation sites (tertiary alicyclic amines) is 1. The zero-order valence-electron chi connectivity index (χ0n) is 19.3. The third kappa shape index (κ3) is 4.19. The molecule has 0 spiro atoms. The predicted molar refractivity (Wildman–Crippen MR) is 127 cm³/mol. The lowest BCUT2D eigenvalue weighted by Gasteiger charge is -2.16. The van der Waals surface area contributed by atoms with Crippen LogP contribution in [0.25, 0.3) is 11.5 Å².